The molecule has 2 amide bonds. The minimum atomic E-state index is -0.293. The lowest BCUT2D eigenvalue weighted by Crippen LogP contribution is -2.49. The van der Waals surface area contributed by atoms with Crippen molar-refractivity contribution < 1.29 is 14.0 Å². The zero-order chi connectivity index (χ0) is 17.6. The number of nitrogens with zero attached hydrogens (tertiary/aromatic N) is 2. The molecule has 25 heavy (non-hydrogen) atoms. The van der Waals surface area contributed by atoms with E-state index in [2.05, 4.69) is 10.2 Å². The van der Waals surface area contributed by atoms with Crippen LogP contribution in [0.5, 0.6) is 0 Å². The Kier molecular flexibility index (Phi) is 5.60. The number of benzene rings is 1. The number of nitrogens with one attached hydrogen (secondary N) is 1. The Morgan fingerprint density at radius 1 is 1.12 bits per heavy atom. The van der Waals surface area contributed by atoms with Crippen LogP contribution in [0.4, 0.5) is 5.69 Å². The van der Waals surface area contributed by atoms with E-state index in [9.17, 15) is 9.59 Å². The molecule has 1 aromatic heterocycles. The predicted molar refractivity (Wildman–Crippen MR) is 95.4 cm³/mol. The van der Waals surface area contributed by atoms with Crippen LogP contribution < -0.4 is 10.2 Å². The van der Waals surface area contributed by atoms with Crippen molar-refractivity contribution in [3.05, 3.63) is 53.4 Å². The van der Waals surface area contributed by atoms with E-state index in [0.29, 0.717) is 30.4 Å². The Morgan fingerprint density at radius 3 is 2.60 bits per heavy atom. The molecule has 7 heteroatoms. The molecule has 3 rings (SSSR count). The molecule has 1 aliphatic heterocycles. The second-order valence-corrected chi connectivity index (χ2v) is 6.32. The van der Waals surface area contributed by atoms with Gasteiger partial charge in [0.05, 0.1) is 12.8 Å². The monoisotopic (exact) mass is 361 g/mol. The van der Waals surface area contributed by atoms with Gasteiger partial charge in [0.25, 0.3) is 0 Å². The van der Waals surface area contributed by atoms with Gasteiger partial charge in [-0.25, -0.2) is 0 Å². The van der Waals surface area contributed by atoms with Crippen molar-refractivity contribution in [2.24, 2.45) is 0 Å². The van der Waals surface area contributed by atoms with Crippen LogP contribution in [0.1, 0.15) is 12.2 Å². The van der Waals surface area contributed by atoms with E-state index >= 15 is 0 Å². The molecule has 1 aromatic carbocycles. The van der Waals surface area contributed by atoms with Crippen molar-refractivity contribution in [2.45, 2.75) is 13.0 Å². The minimum Gasteiger partial charge on any atom is -0.467 e. The summed E-state index contributed by atoms with van der Waals surface area (Å²) in [5.41, 5.74) is 1.05. The fraction of sp³-hybridized carbons (Fsp3) is 0.333. The van der Waals surface area contributed by atoms with E-state index in [-0.39, 0.29) is 18.2 Å². The first kappa shape index (κ1) is 17.4. The lowest BCUT2D eigenvalue weighted by atomic mass is 10.2. The number of carbonyl (C=O) groups excluding carboxylic acids is 2. The van der Waals surface area contributed by atoms with Gasteiger partial charge in [-0.15, -0.1) is 0 Å². The summed E-state index contributed by atoms with van der Waals surface area (Å²) in [6.45, 7) is 2.93. The maximum atomic E-state index is 12.3. The summed E-state index contributed by atoms with van der Waals surface area (Å²) in [7, 11) is 0. The molecule has 0 radical (unpaired) electrons. The molecule has 0 aliphatic carbocycles. The SMILES string of the molecule is O=C(CC(=O)N1CCN(c2cccc(Cl)c2)CC1)NCc1ccco1. The summed E-state index contributed by atoms with van der Waals surface area (Å²) in [6.07, 6.45) is 1.41. The van der Waals surface area contributed by atoms with Gasteiger partial charge in [-0.3, -0.25) is 9.59 Å². The van der Waals surface area contributed by atoms with Gasteiger partial charge >= 0.3 is 0 Å². The van der Waals surface area contributed by atoms with Crippen LogP contribution in [-0.2, 0) is 16.1 Å². The van der Waals surface area contributed by atoms with Crippen molar-refractivity contribution in [1.82, 2.24) is 10.2 Å². The molecule has 2 aromatic rings. The van der Waals surface area contributed by atoms with Gasteiger partial charge in [0, 0.05) is 36.9 Å². The van der Waals surface area contributed by atoms with E-state index in [1.807, 2.05) is 24.3 Å². The highest BCUT2D eigenvalue weighted by Crippen LogP contribution is 2.20. The Hall–Kier alpha value is -2.47. The average molecular weight is 362 g/mol. The number of hydrogen-bond donors (Lipinski definition) is 1. The van der Waals surface area contributed by atoms with Crippen LogP contribution in [0.25, 0.3) is 0 Å². The van der Waals surface area contributed by atoms with Gasteiger partial charge in [-0.1, -0.05) is 17.7 Å². The molecule has 1 saturated heterocycles. The summed E-state index contributed by atoms with van der Waals surface area (Å²) < 4.78 is 5.14. The maximum Gasteiger partial charge on any atom is 0.232 e. The minimum absolute atomic E-state index is 0.141. The lowest BCUT2D eigenvalue weighted by molar-refractivity contribution is -0.136. The van der Waals surface area contributed by atoms with Crippen LogP contribution in [0.15, 0.2) is 47.1 Å². The van der Waals surface area contributed by atoms with Gasteiger partial charge in [0.1, 0.15) is 12.2 Å². The third-order valence-electron chi connectivity index (χ3n) is 4.16. The van der Waals surface area contributed by atoms with Gasteiger partial charge in [0.15, 0.2) is 0 Å². The highest BCUT2D eigenvalue weighted by molar-refractivity contribution is 6.30. The van der Waals surface area contributed by atoms with Gasteiger partial charge in [-0.2, -0.15) is 0 Å². The van der Waals surface area contributed by atoms with Gasteiger partial charge in [0.2, 0.25) is 11.8 Å². The number of hydrogen-bond acceptors (Lipinski definition) is 4. The van der Waals surface area contributed by atoms with Crippen LogP contribution >= 0.6 is 11.6 Å². The van der Waals surface area contributed by atoms with Gasteiger partial charge in [-0.05, 0) is 30.3 Å². The maximum absolute atomic E-state index is 12.3. The number of furan rings is 1. The second kappa shape index (κ2) is 8.07. The zero-order valence-electron chi connectivity index (χ0n) is 13.8. The van der Waals surface area contributed by atoms with Crippen molar-refractivity contribution in [3.8, 4) is 0 Å². The summed E-state index contributed by atoms with van der Waals surface area (Å²) in [6, 6.07) is 11.2. The number of anilines is 1. The first-order chi connectivity index (χ1) is 12.1. The van der Waals surface area contributed by atoms with Crippen molar-refractivity contribution >= 4 is 29.1 Å². The Morgan fingerprint density at radius 2 is 1.92 bits per heavy atom. The molecule has 1 fully saturated rings. The smallest absolute Gasteiger partial charge is 0.232 e. The summed E-state index contributed by atoms with van der Waals surface area (Å²) >= 11 is 6.02. The highest BCUT2D eigenvalue weighted by Gasteiger charge is 2.23. The van der Waals surface area contributed by atoms with E-state index in [1.165, 1.54) is 0 Å². The number of halogens is 1. The molecular formula is C18H20ClN3O3. The van der Waals surface area contributed by atoms with E-state index in [4.69, 9.17) is 16.0 Å². The first-order valence-electron chi connectivity index (χ1n) is 8.19. The Bertz CT molecular complexity index is 725. The van der Waals surface area contributed by atoms with Crippen molar-refractivity contribution in [1.29, 1.82) is 0 Å². The van der Waals surface area contributed by atoms with Crippen molar-refractivity contribution in [2.75, 3.05) is 31.1 Å². The third kappa shape index (κ3) is 4.76. The molecule has 0 spiro atoms. The molecule has 132 valence electrons. The summed E-state index contributed by atoms with van der Waals surface area (Å²) in [5.74, 6) is 0.220. The largest absolute Gasteiger partial charge is 0.467 e. The predicted octanol–water partition coefficient (Wildman–Crippen LogP) is 2.29. The average Bonchev–Trinajstić information content (AvgIpc) is 3.14. The Labute approximate surface area is 151 Å². The number of carbonyl (C=O) groups is 2. The molecule has 0 saturated carbocycles. The van der Waals surface area contributed by atoms with Crippen molar-refractivity contribution in [3.63, 3.8) is 0 Å². The molecule has 1 N–H and O–H groups in total. The van der Waals surface area contributed by atoms with Crippen LogP contribution in [0, 0.1) is 0 Å². The van der Waals surface area contributed by atoms with Crippen LogP contribution in [0.2, 0.25) is 5.02 Å². The summed E-state index contributed by atoms with van der Waals surface area (Å²) in [5, 5.41) is 3.39. The second-order valence-electron chi connectivity index (χ2n) is 5.88. The van der Waals surface area contributed by atoms with E-state index in [0.717, 1.165) is 18.8 Å². The first-order valence-corrected chi connectivity index (χ1v) is 8.57. The van der Waals surface area contributed by atoms with Crippen LogP contribution in [0.3, 0.4) is 0 Å². The summed E-state index contributed by atoms with van der Waals surface area (Å²) in [4.78, 5) is 28.1. The fourth-order valence-electron chi connectivity index (χ4n) is 2.80. The molecule has 0 bridgehead atoms. The highest BCUT2D eigenvalue weighted by atomic mass is 35.5. The Balaban J connectivity index is 1.44. The molecule has 2 heterocycles. The number of piperazine rings is 1. The number of rotatable bonds is 5. The normalized spacial score (nSPS) is 14.4. The quantitative estimate of drug-likeness (QED) is 0.830. The molecule has 0 atom stereocenters. The molecule has 0 unspecified atom stereocenters. The number of amides is 2. The zero-order valence-corrected chi connectivity index (χ0v) is 14.5. The topological polar surface area (TPSA) is 65.8 Å². The van der Waals surface area contributed by atoms with Crippen LogP contribution in [-0.4, -0.2) is 42.9 Å². The third-order valence-corrected chi connectivity index (χ3v) is 4.39. The fourth-order valence-corrected chi connectivity index (χ4v) is 2.98. The molecular weight excluding hydrogens is 342 g/mol. The van der Waals surface area contributed by atoms with E-state index < -0.39 is 0 Å². The molecule has 1 aliphatic rings. The standard InChI is InChI=1S/C18H20ClN3O3/c19-14-3-1-4-15(11-14)21-6-8-22(9-7-21)18(24)12-17(23)20-13-16-5-2-10-25-16/h1-5,10-11H,6-9,12-13H2,(H,20,23). The van der Waals surface area contributed by atoms with E-state index in [1.54, 1.807) is 23.3 Å². The van der Waals surface area contributed by atoms with Gasteiger partial charge < -0.3 is 19.5 Å². The molecule has 6 nitrogen and oxygen atoms in total. The lowest BCUT2D eigenvalue weighted by Gasteiger charge is -2.36.